The molecule has 8 heteroatoms. The summed E-state index contributed by atoms with van der Waals surface area (Å²) in [6.07, 6.45) is -0.320. The fourth-order valence-electron chi connectivity index (χ4n) is 1.92. The Hall–Kier alpha value is -2.22. The molecule has 0 saturated carbocycles. The van der Waals surface area contributed by atoms with Crippen LogP contribution in [0.4, 0.5) is 8.78 Å². The predicted octanol–water partition coefficient (Wildman–Crippen LogP) is 1.90. The summed E-state index contributed by atoms with van der Waals surface area (Å²) in [6, 6.07) is 5.07. The summed E-state index contributed by atoms with van der Waals surface area (Å²) >= 11 is 0. The van der Waals surface area contributed by atoms with Crippen molar-refractivity contribution in [2.24, 2.45) is 0 Å². The van der Waals surface area contributed by atoms with Crippen LogP contribution in [0, 0.1) is 0 Å². The number of halogens is 2. The molecule has 0 bridgehead atoms. The Bertz CT molecular complexity index is 520. The van der Waals surface area contributed by atoms with Crippen LogP contribution in [0.3, 0.4) is 0 Å². The highest BCUT2D eigenvalue weighted by molar-refractivity contribution is 5.95. The second kappa shape index (κ2) is 7.69. The first kappa shape index (κ1) is 17.8. The van der Waals surface area contributed by atoms with Crippen LogP contribution in [0.15, 0.2) is 24.3 Å². The molecule has 0 aromatic heterocycles. The number of rotatable bonds is 8. The summed E-state index contributed by atoms with van der Waals surface area (Å²) < 4.78 is 33.2. The summed E-state index contributed by atoms with van der Waals surface area (Å²) in [5, 5.41) is 11.5. The van der Waals surface area contributed by atoms with Crippen molar-refractivity contribution < 1.29 is 33.0 Å². The zero-order valence-electron chi connectivity index (χ0n) is 12.1. The van der Waals surface area contributed by atoms with Gasteiger partial charge < -0.3 is 19.9 Å². The van der Waals surface area contributed by atoms with E-state index in [1.807, 2.05) is 0 Å². The van der Waals surface area contributed by atoms with Crippen LogP contribution < -0.4 is 10.1 Å². The Morgan fingerprint density at radius 1 is 1.32 bits per heavy atom. The van der Waals surface area contributed by atoms with Crippen LogP contribution >= 0.6 is 0 Å². The summed E-state index contributed by atoms with van der Waals surface area (Å²) in [5.41, 5.74) is -0.898. The van der Waals surface area contributed by atoms with Crippen molar-refractivity contribution in [1.29, 1.82) is 0 Å². The van der Waals surface area contributed by atoms with Gasteiger partial charge in [-0.3, -0.25) is 9.59 Å². The molecule has 0 aliphatic rings. The van der Waals surface area contributed by atoms with Gasteiger partial charge in [0.15, 0.2) is 0 Å². The molecule has 2 N–H and O–H groups in total. The minimum absolute atomic E-state index is 0.0115. The summed E-state index contributed by atoms with van der Waals surface area (Å²) in [7, 11) is 1.39. The quantitative estimate of drug-likeness (QED) is 0.765. The number of amides is 1. The van der Waals surface area contributed by atoms with Crippen molar-refractivity contribution in [1.82, 2.24) is 5.32 Å². The van der Waals surface area contributed by atoms with Crippen LogP contribution in [-0.2, 0) is 9.53 Å². The van der Waals surface area contributed by atoms with Gasteiger partial charge in [-0.1, -0.05) is 0 Å². The van der Waals surface area contributed by atoms with Gasteiger partial charge in [0.1, 0.15) is 5.75 Å². The first-order valence-electron chi connectivity index (χ1n) is 6.34. The molecule has 1 aromatic carbocycles. The van der Waals surface area contributed by atoms with Gasteiger partial charge in [0.05, 0.1) is 18.6 Å². The molecule has 122 valence electrons. The maximum absolute atomic E-state index is 12.1. The fourth-order valence-corrected chi connectivity index (χ4v) is 1.92. The molecule has 1 unspecified atom stereocenters. The standard InChI is InChI=1S/C14H17F2NO5/c1-14(8-21-2,7-11(18)19)17-12(20)9-3-5-10(6-4-9)22-13(15)16/h3-6,13H,7-8H2,1-2H3,(H,17,20)(H,18,19). The SMILES string of the molecule is COCC(C)(CC(=O)O)NC(=O)c1ccc(OC(F)F)cc1. The third-order valence-corrected chi connectivity index (χ3v) is 2.76. The lowest BCUT2D eigenvalue weighted by Gasteiger charge is -2.28. The largest absolute Gasteiger partial charge is 0.481 e. The average Bonchev–Trinajstić information content (AvgIpc) is 2.37. The average molecular weight is 317 g/mol. The third kappa shape index (κ3) is 5.65. The number of aliphatic carboxylic acids is 1. The minimum atomic E-state index is -2.94. The number of carbonyl (C=O) groups is 2. The molecular formula is C14H17F2NO5. The van der Waals surface area contributed by atoms with Gasteiger partial charge in [-0.2, -0.15) is 8.78 Å². The van der Waals surface area contributed by atoms with E-state index in [0.717, 1.165) is 0 Å². The first-order valence-corrected chi connectivity index (χ1v) is 6.34. The van der Waals surface area contributed by atoms with Gasteiger partial charge >= 0.3 is 12.6 Å². The number of carbonyl (C=O) groups excluding carboxylic acids is 1. The Balaban J connectivity index is 2.79. The highest BCUT2D eigenvalue weighted by Crippen LogP contribution is 2.16. The lowest BCUT2D eigenvalue weighted by atomic mass is 9.98. The van der Waals surface area contributed by atoms with Crippen LogP contribution in [0.25, 0.3) is 0 Å². The van der Waals surface area contributed by atoms with Crippen LogP contribution in [0.2, 0.25) is 0 Å². The van der Waals surface area contributed by atoms with Crippen LogP contribution in [0.5, 0.6) is 5.75 Å². The number of ether oxygens (including phenoxy) is 2. The van der Waals surface area contributed by atoms with E-state index in [1.54, 1.807) is 0 Å². The van der Waals surface area contributed by atoms with Gasteiger partial charge in [-0.15, -0.1) is 0 Å². The zero-order valence-corrected chi connectivity index (χ0v) is 12.1. The lowest BCUT2D eigenvalue weighted by Crippen LogP contribution is -2.50. The fraction of sp³-hybridized carbons (Fsp3) is 0.429. The van der Waals surface area contributed by atoms with Crippen molar-refractivity contribution in [2.45, 2.75) is 25.5 Å². The van der Waals surface area contributed by atoms with E-state index in [2.05, 4.69) is 10.1 Å². The van der Waals surface area contributed by atoms with Crippen molar-refractivity contribution in [3.05, 3.63) is 29.8 Å². The second-order valence-corrected chi connectivity index (χ2v) is 4.92. The van der Waals surface area contributed by atoms with E-state index in [0.29, 0.717) is 0 Å². The van der Waals surface area contributed by atoms with Crippen LogP contribution in [0.1, 0.15) is 23.7 Å². The molecule has 22 heavy (non-hydrogen) atoms. The number of carboxylic acids is 1. The van der Waals surface area contributed by atoms with Gasteiger partial charge in [-0.05, 0) is 31.2 Å². The Kier molecular flexibility index (Phi) is 6.24. The molecular weight excluding hydrogens is 300 g/mol. The molecule has 1 amide bonds. The summed E-state index contributed by atoms with van der Waals surface area (Å²) in [6.45, 7) is -1.39. The Morgan fingerprint density at radius 3 is 2.36 bits per heavy atom. The molecule has 0 spiro atoms. The number of benzene rings is 1. The maximum atomic E-state index is 12.1. The van der Waals surface area contributed by atoms with E-state index < -0.39 is 24.0 Å². The normalized spacial score (nSPS) is 13.5. The lowest BCUT2D eigenvalue weighted by molar-refractivity contribution is -0.139. The molecule has 1 atom stereocenters. The molecule has 0 heterocycles. The monoisotopic (exact) mass is 317 g/mol. The van der Waals surface area contributed by atoms with E-state index in [-0.39, 0.29) is 24.3 Å². The van der Waals surface area contributed by atoms with Crippen molar-refractivity contribution in [2.75, 3.05) is 13.7 Å². The van der Waals surface area contributed by atoms with Gasteiger partial charge in [0.25, 0.3) is 5.91 Å². The number of nitrogens with one attached hydrogen (secondary N) is 1. The molecule has 0 aliphatic heterocycles. The second-order valence-electron chi connectivity index (χ2n) is 4.92. The Labute approximate surface area is 126 Å². The minimum Gasteiger partial charge on any atom is -0.481 e. The maximum Gasteiger partial charge on any atom is 0.387 e. The van der Waals surface area contributed by atoms with Gasteiger partial charge in [-0.25, -0.2) is 0 Å². The van der Waals surface area contributed by atoms with Crippen LogP contribution in [-0.4, -0.2) is 42.9 Å². The topological polar surface area (TPSA) is 84.9 Å². The third-order valence-electron chi connectivity index (χ3n) is 2.76. The highest BCUT2D eigenvalue weighted by atomic mass is 19.3. The Morgan fingerprint density at radius 2 is 1.91 bits per heavy atom. The van der Waals surface area contributed by atoms with E-state index in [1.165, 1.54) is 38.3 Å². The predicted molar refractivity (Wildman–Crippen MR) is 73.1 cm³/mol. The molecule has 1 rings (SSSR count). The molecule has 6 nitrogen and oxygen atoms in total. The zero-order chi connectivity index (χ0) is 16.8. The van der Waals surface area contributed by atoms with Crippen molar-refractivity contribution >= 4 is 11.9 Å². The molecule has 1 aromatic rings. The highest BCUT2D eigenvalue weighted by Gasteiger charge is 2.30. The van der Waals surface area contributed by atoms with E-state index in [9.17, 15) is 18.4 Å². The molecule has 0 radical (unpaired) electrons. The molecule has 0 fully saturated rings. The molecule has 0 aliphatic carbocycles. The van der Waals surface area contributed by atoms with E-state index >= 15 is 0 Å². The van der Waals surface area contributed by atoms with E-state index in [4.69, 9.17) is 9.84 Å². The van der Waals surface area contributed by atoms with Crippen molar-refractivity contribution in [3.8, 4) is 5.75 Å². The van der Waals surface area contributed by atoms with Gasteiger partial charge in [0, 0.05) is 12.7 Å². The molecule has 0 saturated heterocycles. The van der Waals surface area contributed by atoms with Crippen molar-refractivity contribution in [3.63, 3.8) is 0 Å². The number of hydrogen-bond donors (Lipinski definition) is 2. The number of hydrogen-bond acceptors (Lipinski definition) is 4. The summed E-state index contributed by atoms with van der Waals surface area (Å²) in [5.74, 6) is -1.69. The number of methoxy groups -OCH3 is 1. The van der Waals surface area contributed by atoms with Gasteiger partial charge in [0.2, 0.25) is 0 Å². The summed E-state index contributed by atoms with van der Waals surface area (Å²) in [4.78, 5) is 23.0. The smallest absolute Gasteiger partial charge is 0.387 e. The number of alkyl halides is 2. The first-order chi connectivity index (χ1) is 10.3. The number of carboxylic acid groups (broad SMARTS) is 1.